The minimum Gasteiger partial charge on any atom is -0.444 e. The van der Waals surface area contributed by atoms with E-state index < -0.39 is 5.60 Å². The van der Waals surface area contributed by atoms with E-state index in [0.717, 1.165) is 12.0 Å². The molecule has 0 bridgehead atoms. The Morgan fingerprint density at radius 1 is 1.24 bits per heavy atom. The van der Waals surface area contributed by atoms with Gasteiger partial charge in [-0.1, -0.05) is 30.3 Å². The third-order valence-electron chi connectivity index (χ3n) is 4.43. The lowest BCUT2D eigenvalue weighted by molar-refractivity contribution is 0.0230. The summed E-state index contributed by atoms with van der Waals surface area (Å²) in [4.78, 5) is 18.0. The Hall–Kier alpha value is -1.55. The van der Waals surface area contributed by atoms with Gasteiger partial charge in [-0.2, -0.15) is 0 Å². The van der Waals surface area contributed by atoms with Gasteiger partial charge in [0.05, 0.1) is 6.61 Å². The predicted molar refractivity (Wildman–Crippen MR) is 129 cm³/mol. The molecule has 2 unspecified atom stereocenters. The third-order valence-corrected chi connectivity index (χ3v) is 4.43. The maximum absolute atomic E-state index is 12.1. The molecule has 3 N–H and O–H groups in total. The topological polar surface area (TPSA) is 86.2 Å². The normalized spacial score (nSPS) is 13.7. The number of ether oxygens (including phenoxy) is 1. The summed E-state index contributed by atoms with van der Waals surface area (Å²) in [7, 11) is 3.46. The summed E-state index contributed by atoms with van der Waals surface area (Å²) in [6, 6.07) is 9.93. The molecule has 0 aromatic heterocycles. The molecule has 0 saturated carbocycles. The van der Waals surface area contributed by atoms with Crippen molar-refractivity contribution in [2.75, 3.05) is 33.8 Å². The van der Waals surface area contributed by atoms with E-state index >= 15 is 0 Å². The molecule has 1 aromatic carbocycles. The Kier molecular flexibility index (Phi) is 12.9. The minimum absolute atomic E-state index is 0. The average Bonchev–Trinajstić information content (AvgIpc) is 2.65. The van der Waals surface area contributed by atoms with E-state index in [-0.39, 0.29) is 48.6 Å². The number of amides is 1. The van der Waals surface area contributed by atoms with Crippen LogP contribution in [0.1, 0.15) is 45.6 Å². The van der Waals surface area contributed by atoms with Gasteiger partial charge < -0.3 is 25.4 Å². The zero-order valence-electron chi connectivity index (χ0n) is 18.4. The Bertz CT molecular complexity index is 620. The van der Waals surface area contributed by atoms with Gasteiger partial charge in [-0.3, -0.25) is 4.99 Å². The molecule has 0 heterocycles. The van der Waals surface area contributed by atoms with Crippen molar-refractivity contribution in [3.8, 4) is 0 Å². The summed E-state index contributed by atoms with van der Waals surface area (Å²) in [5.74, 6) is 0.665. The fourth-order valence-electron chi connectivity index (χ4n) is 2.56. The van der Waals surface area contributed by atoms with Crippen molar-refractivity contribution in [3.05, 3.63) is 35.9 Å². The number of hydrogen-bond acceptors (Lipinski definition) is 4. The Morgan fingerprint density at radius 2 is 1.86 bits per heavy atom. The third kappa shape index (κ3) is 10.7. The lowest BCUT2D eigenvalue weighted by atomic mass is 10.0. The number of rotatable bonds is 8. The van der Waals surface area contributed by atoms with Gasteiger partial charge in [0, 0.05) is 39.1 Å². The number of aliphatic hydroxyl groups excluding tert-OH is 1. The molecule has 0 radical (unpaired) electrons. The summed E-state index contributed by atoms with van der Waals surface area (Å²) < 4.78 is 5.40. The van der Waals surface area contributed by atoms with Gasteiger partial charge in [0.1, 0.15) is 5.60 Å². The van der Waals surface area contributed by atoms with Crippen LogP contribution in [0.5, 0.6) is 0 Å². The quantitative estimate of drug-likeness (QED) is 0.279. The highest BCUT2D eigenvalue weighted by Gasteiger charge is 2.22. The molecule has 0 aliphatic carbocycles. The molecule has 0 saturated heterocycles. The van der Waals surface area contributed by atoms with Crippen LogP contribution >= 0.6 is 24.0 Å². The van der Waals surface area contributed by atoms with E-state index in [9.17, 15) is 9.90 Å². The zero-order chi connectivity index (χ0) is 21.2. The van der Waals surface area contributed by atoms with Gasteiger partial charge in [0.15, 0.2) is 5.96 Å². The van der Waals surface area contributed by atoms with E-state index in [1.54, 1.807) is 19.0 Å². The molecule has 29 heavy (non-hydrogen) atoms. The van der Waals surface area contributed by atoms with Crippen LogP contribution in [0, 0.1) is 0 Å². The number of guanidine groups is 1. The number of hydrogen-bond donors (Lipinski definition) is 3. The van der Waals surface area contributed by atoms with E-state index in [4.69, 9.17) is 4.74 Å². The number of benzene rings is 1. The molecule has 8 heteroatoms. The highest BCUT2D eigenvalue weighted by molar-refractivity contribution is 14.0. The molecule has 1 rings (SSSR count). The van der Waals surface area contributed by atoms with Crippen LogP contribution in [0.2, 0.25) is 0 Å². The van der Waals surface area contributed by atoms with E-state index in [2.05, 4.69) is 15.6 Å². The highest BCUT2D eigenvalue weighted by Crippen LogP contribution is 2.13. The smallest absolute Gasteiger partial charge is 0.410 e. The molecule has 7 nitrogen and oxygen atoms in total. The number of nitrogens with zero attached hydrogens (tertiary/aromatic N) is 2. The van der Waals surface area contributed by atoms with Gasteiger partial charge in [-0.15, -0.1) is 24.0 Å². The van der Waals surface area contributed by atoms with Gasteiger partial charge in [0.2, 0.25) is 0 Å². The number of aliphatic hydroxyl groups is 1. The molecule has 1 amide bonds. The predicted octanol–water partition coefficient (Wildman–Crippen LogP) is 3.19. The van der Waals surface area contributed by atoms with Crippen LogP contribution in [-0.4, -0.2) is 67.5 Å². The highest BCUT2D eigenvalue weighted by atomic mass is 127. The summed E-state index contributed by atoms with van der Waals surface area (Å²) in [5.41, 5.74) is 0.581. The first-order valence-corrected chi connectivity index (χ1v) is 9.74. The summed E-state index contributed by atoms with van der Waals surface area (Å²) >= 11 is 0. The lowest BCUT2D eigenvalue weighted by Crippen LogP contribution is -2.43. The first-order valence-electron chi connectivity index (χ1n) is 9.74. The van der Waals surface area contributed by atoms with Gasteiger partial charge in [0.25, 0.3) is 0 Å². The first-order chi connectivity index (χ1) is 13.2. The van der Waals surface area contributed by atoms with Crippen molar-refractivity contribution in [1.82, 2.24) is 15.5 Å². The Morgan fingerprint density at radius 3 is 2.38 bits per heavy atom. The molecule has 0 aliphatic heterocycles. The Labute approximate surface area is 192 Å². The molecule has 0 fully saturated rings. The van der Waals surface area contributed by atoms with E-state index in [0.29, 0.717) is 19.0 Å². The standard InChI is InChI=1S/C21H36N4O3.HI/c1-16(25(6)20(27)28-21(2,3)4)12-13-23-19(22-5)24-14-18(15-26)17-10-8-7-9-11-17;/h7-11,16,18,26H,12-15H2,1-6H3,(H2,22,23,24);1H. The SMILES string of the molecule is CN=C(NCCC(C)N(C)C(=O)OC(C)(C)C)NCC(CO)c1ccccc1.I. The van der Waals surface area contributed by atoms with Gasteiger partial charge >= 0.3 is 6.09 Å². The zero-order valence-corrected chi connectivity index (χ0v) is 20.8. The largest absolute Gasteiger partial charge is 0.444 e. The fourth-order valence-corrected chi connectivity index (χ4v) is 2.56. The van der Waals surface area contributed by atoms with Crippen molar-refractivity contribution in [2.24, 2.45) is 4.99 Å². The number of carbonyl (C=O) groups excluding carboxylic acids is 1. The van der Waals surface area contributed by atoms with Crippen LogP contribution in [0.15, 0.2) is 35.3 Å². The summed E-state index contributed by atoms with van der Waals surface area (Å²) in [6.45, 7) is 8.85. The van der Waals surface area contributed by atoms with Gasteiger partial charge in [-0.05, 0) is 39.7 Å². The number of halogens is 1. The van der Waals surface area contributed by atoms with Gasteiger partial charge in [-0.25, -0.2) is 4.79 Å². The average molecular weight is 520 g/mol. The van der Waals surface area contributed by atoms with Crippen molar-refractivity contribution >= 4 is 36.0 Å². The second kappa shape index (κ2) is 13.6. The van der Waals surface area contributed by atoms with Crippen molar-refractivity contribution in [2.45, 2.75) is 51.7 Å². The van der Waals surface area contributed by atoms with Crippen molar-refractivity contribution in [1.29, 1.82) is 0 Å². The molecule has 0 spiro atoms. The second-order valence-electron chi connectivity index (χ2n) is 7.90. The van der Waals surface area contributed by atoms with E-state index in [1.807, 2.05) is 58.0 Å². The lowest BCUT2D eigenvalue weighted by Gasteiger charge is -2.29. The molecular formula is C21H37IN4O3. The maximum Gasteiger partial charge on any atom is 0.410 e. The Balaban J connectivity index is 0.00000784. The first kappa shape index (κ1) is 27.5. The van der Waals surface area contributed by atoms with Crippen LogP contribution in [0.3, 0.4) is 0 Å². The molecule has 0 aliphatic rings. The second-order valence-corrected chi connectivity index (χ2v) is 7.90. The summed E-state index contributed by atoms with van der Waals surface area (Å²) in [5, 5.41) is 16.2. The van der Waals surface area contributed by atoms with E-state index in [1.165, 1.54) is 0 Å². The van der Waals surface area contributed by atoms with Crippen molar-refractivity contribution in [3.63, 3.8) is 0 Å². The minimum atomic E-state index is -0.503. The molecule has 2 atom stereocenters. The number of nitrogens with one attached hydrogen (secondary N) is 2. The molecule has 166 valence electrons. The monoisotopic (exact) mass is 520 g/mol. The molecular weight excluding hydrogens is 483 g/mol. The number of carbonyl (C=O) groups is 1. The molecule has 1 aromatic rings. The van der Waals surface area contributed by atoms with Crippen LogP contribution in [0.4, 0.5) is 4.79 Å². The van der Waals surface area contributed by atoms with Crippen LogP contribution < -0.4 is 10.6 Å². The fraction of sp³-hybridized carbons (Fsp3) is 0.619. The van der Waals surface area contributed by atoms with Crippen LogP contribution in [-0.2, 0) is 4.74 Å². The van der Waals surface area contributed by atoms with Crippen molar-refractivity contribution < 1.29 is 14.6 Å². The van der Waals surface area contributed by atoms with Crippen LogP contribution in [0.25, 0.3) is 0 Å². The maximum atomic E-state index is 12.1. The summed E-state index contributed by atoms with van der Waals surface area (Å²) in [6.07, 6.45) is 0.426. The number of aliphatic imine (C=N–C) groups is 1.